The molecule has 42 heavy (non-hydrogen) atoms. The molecule has 2 aromatic carbocycles. The standard InChI is InChI=1S/C26H26BrCl6NO8/c27-22-19(34-23(35)39-14-25(28,29)30)21(42-24(36)40-15-26(31,32)33)20(38-12-17-9-5-2-6-10-17)18(41-22)13-37-11-16-7-3-1-4-8-16/h1-10,18-22H,11-15H2,(H,34,35)/t18-,19-,20-,21-,22-/m1/s1. The summed E-state index contributed by atoms with van der Waals surface area (Å²) in [4.78, 5) is 25.3. The zero-order valence-electron chi connectivity index (χ0n) is 21.6. The van der Waals surface area contributed by atoms with Gasteiger partial charge in [-0.25, -0.2) is 9.59 Å². The Labute approximate surface area is 281 Å². The molecule has 1 heterocycles. The van der Waals surface area contributed by atoms with Crippen LogP contribution in [0.4, 0.5) is 9.59 Å². The Morgan fingerprint density at radius 2 is 1.36 bits per heavy atom. The predicted molar refractivity (Wildman–Crippen MR) is 164 cm³/mol. The van der Waals surface area contributed by atoms with Crippen LogP contribution in [-0.4, -0.2) is 69.0 Å². The first-order valence-electron chi connectivity index (χ1n) is 12.3. The second kappa shape index (κ2) is 17.0. The molecule has 0 unspecified atom stereocenters. The van der Waals surface area contributed by atoms with Crippen molar-refractivity contribution in [2.24, 2.45) is 0 Å². The molecule has 1 amide bonds. The molecule has 1 aliphatic rings. The lowest BCUT2D eigenvalue weighted by molar-refractivity contribution is -0.202. The molecule has 0 aliphatic carbocycles. The molecule has 0 aromatic heterocycles. The lowest BCUT2D eigenvalue weighted by Gasteiger charge is -2.44. The van der Waals surface area contributed by atoms with Crippen molar-refractivity contribution in [1.82, 2.24) is 5.32 Å². The first kappa shape index (κ1) is 35.6. The number of nitrogens with one attached hydrogen (secondary N) is 1. The average Bonchev–Trinajstić information content (AvgIpc) is 2.93. The fraction of sp³-hybridized carbons (Fsp3) is 0.462. The van der Waals surface area contributed by atoms with Gasteiger partial charge in [-0.2, -0.15) is 0 Å². The van der Waals surface area contributed by atoms with Gasteiger partial charge in [0.2, 0.25) is 7.59 Å². The number of carbonyl (C=O) groups excluding carboxylic acids is 2. The molecule has 1 saturated heterocycles. The zero-order valence-corrected chi connectivity index (χ0v) is 27.7. The van der Waals surface area contributed by atoms with Crippen LogP contribution >= 0.6 is 85.5 Å². The van der Waals surface area contributed by atoms with Crippen molar-refractivity contribution in [3.05, 3.63) is 71.8 Å². The normalized spacial score (nSPS) is 22.7. The van der Waals surface area contributed by atoms with Gasteiger partial charge in [-0.05, 0) is 11.1 Å². The van der Waals surface area contributed by atoms with Crippen molar-refractivity contribution in [3.8, 4) is 0 Å². The smallest absolute Gasteiger partial charge is 0.445 e. The number of alkyl halides is 7. The van der Waals surface area contributed by atoms with E-state index >= 15 is 0 Å². The molecule has 2 aromatic rings. The van der Waals surface area contributed by atoms with Gasteiger partial charge in [-0.15, -0.1) is 0 Å². The lowest BCUT2D eigenvalue weighted by atomic mass is 9.97. The molecule has 1 fully saturated rings. The minimum absolute atomic E-state index is 0.0317. The van der Waals surface area contributed by atoms with Crippen LogP contribution in [0.3, 0.4) is 0 Å². The van der Waals surface area contributed by atoms with E-state index in [1.165, 1.54) is 0 Å². The van der Waals surface area contributed by atoms with Crippen LogP contribution in [0.25, 0.3) is 0 Å². The molecule has 9 nitrogen and oxygen atoms in total. The number of ether oxygens (including phenoxy) is 6. The van der Waals surface area contributed by atoms with E-state index in [0.29, 0.717) is 0 Å². The van der Waals surface area contributed by atoms with Gasteiger partial charge < -0.3 is 33.7 Å². The molecule has 1 aliphatic heterocycles. The Balaban J connectivity index is 1.84. The Morgan fingerprint density at radius 3 is 1.93 bits per heavy atom. The SMILES string of the molecule is O=C(N[C@@H]1[C@@H](OC(=O)OCC(Cl)(Cl)Cl)[C@H](OCc2ccccc2)[C@@H](COCc2ccccc2)O[C@H]1Br)OCC(Cl)(Cl)Cl. The van der Waals surface area contributed by atoms with E-state index in [0.717, 1.165) is 11.1 Å². The summed E-state index contributed by atoms with van der Waals surface area (Å²) in [6.45, 7) is -0.736. The van der Waals surface area contributed by atoms with Gasteiger partial charge in [0.05, 0.1) is 19.8 Å². The van der Waals surface area contributed by atoms with Gasteiger partial charge in [-0.1, -0.05) is 146 Å². The highest BCUT2D eigenvalue weighted by atomic mass is 79.9. The maximum atomic E-state index is 12.7. The molecule has 232 valence electrons. The Kier molecular flexibility index (Phi) is 14.4. The summed E-state index contributed by atoms with van der Waals surface area (Å²) in [7, 11) is 0. The average molecular weight is 773 g/mol. The van der Waals surface area contributed by atoms with E-state index in [4.69, 9.17) is 98.0 Å². The van der Waals surface area contributed by atoms with Crippen LogP contribution in [0.1, 0.15) is 11.1 Å². The van der Waals surface area contributed by atoms with Gasteiger partial charge in [0.25, 0.3) is 0 Å². The third-order valence-corrected chi connectivity index (χ3v) is 6.99. The number of rotatable bonds is 11. The van der Waals surface area contributed by atoms with Crippen LogP contribution in [0.5, 0.6) is 0 Å². The Hall–Kier alpha value is -0.920. The van der Waals surface area contributed by atoms with Crippen molar-refractivity contribution < 1.29 is 38.0 Å². The fourth-order valence-electron chi connectivity index (χ4n) is 3.76. The molecular weight excluding hydrogens is 747 g/mol. The van der Waals surface area contributed by atoms with Gasteiger partial charge >= 0.3 is 12.2 Å². The summed E-state index contributed by atoms with van der Waals surface area (Å²) >= 11 is 37.6. The van der Waals surface area contributed by atoms with Crippen molar-refractivity contribution >= 4 is 97.8 Å². The summed E-state index contributed by atoms with van der Waals surface area (Å²) in [5, 5.41) is 1.63. The van der Waals surface area contributed by atoms with Crippen LogP contribution in [0, 0.1) is 0 Å². The second-order valence-electron chi connectivity index (χ2n) is 8.89. The molecule has 0 bridgehead atoms. The van der Waals surface area contributed by atoms with E-state index in [2.05, 4.69) is 21.2 Å². The molecule has 3 rings (SSSR count). The fourth-order valence-corrected chi connectivity index (χ4v) is 4.80. The highest BCUT2D eigenvalue weighted by Crippen LogP contribution is 2.32. The van der Waals surface area contributed by atoms with E-state index < -0.39 is 62.4 Å². The predicted octanol–water partition coefficient (Wildman–Crippen LogP) is 7.27. The summed E-state index contributed by atoms with van der Waals surface area (Å²) in [5.74, 6) is 0. The number of halogens is 7. The quantitative estimate of drug-likeness (QED) is 0.188. The molecule has 0 radical (unpaired) electrons. The zero-order chi connectivity index (χ0) is 30.8. The van der Waals surface area contributed by atoms with Crippen LogP contribution in [-0.2, 0) is 41.6 Å². The Morgan fingerprint density at radius 1 is 0.810 bits per heavy atom. The topological polar surface area (TPSA) is 102 Å². The minimum atomic E-state index is -1.89. The summed E-state index contributed by atoms with van der Waals surface area (Å²) in [5.41, 5.74) is 1.76. The Bertz CT molecular complexity index is 1130. The van der Waals surface area contributed by atoms with Gasteiger partial charge in [0, 0.05) is 0 Å². The van der Waals surface area contributed by atoms with Crippen LogP contribution in [0.2, 0.25) is 0 Å². The van der Waals surface area contributed by atoms with Gasteiger partial charge in [0.1, 0.15) is 36.5 Å². The molecule has 1 N–H and O–H groups in total. The number of hydrogen-bond acceptors (Lipinski definition) is 8. The van der Waals surface area contributed by atoms with Crippen LogP contribution < -0.4 is 5.32 Å². The number of benzene rings is 2. The molecule has 0 saturated carbocycles. The third-order valence-electron chi connectivity index (χ3n) is 5.55. The third kappa shape index (κ3) is 13.0. The van der Waals surface area contributed by atoms with Crippen molar-refractivity contribution in [2.75, 3.05) is 19.8 Å². The highest BCUT2D eigenvalue weighted by Gasteiger charge is 2.49. The molecule has 5 atom stereocenters. The molecule has 16 heteroatoms. The minimum Gasteiger partial charge on any atom is -0.445 e. The van der Waals surface area contributed by atoms with Gasteiger partial charge in [0.15, 0.2) is 6.10 Å². The van der Waals surface area contributed by atoms with E-state index in [1.54, 1.807) is 0 Å². The number of alkyl carbamates (subject to hydrolysis) is 1. The lowest BCUT2D eigenvalue weighted by Crippen LogP contribution is -2.64. The van der Waals surface area contributed by atoms with Crippen molar-refractivity contribution in [2.45, 2.75) is 50.2 Å². The largest absolute Gasteiger partial charge is 0.508 e. The second-order valence-corrected chi connectivity index (χ2v) is 14.8. The van der Waals surface area contributed by atoms with Gasteiger partial charge in [-0.3, -0.25) is 0 Å². The van der Waals surface area contributed by atoms with E-state index in [-0.39, 0.29) is 19.8 Å². The van der Waals surface area contributed by atoms with E-state index in [9.17, 15) is 9.59 Å². The maximum Gasteiger partial charge on any atom is 0.508 e. The summed E-state index contributed by atoms with van der Waals surface area (Å²) in [6, 6.07) is 17.7. The number of hydrogen-bond donors (Lipinski definition) is 1. The molecular formula is C26H26BrCl6NO8. The first-order chi connectivity index (χ1) is 19.8. The highest BCUT2D eigenvalue weighted by molar-refractivity contribution is 9.09. The number of amides is 1. The van der Waals surface area contributed by atoms with E-state index in [1.807, 2.05) is 60.7 Å². The molecule has 0 spiro atoms. The first-order valence-corrected chi connectivity index (χ1v) is 15.5. The maximum absolute atomic E-state index is 12.7. The van der Waals surface area contributed by atoms with Crippen molar-refractivity contribution in [3.63, 3.8) is 0 Å². The van der Waals surface area contributed by atoms with Crippen molar-refractivity contribution in [1.29, 1.82) is 0 Å². The monoisotopic (exact) mass is 769 g/mol. The summed E-state index contributed by atoms with van der Waals surface area (Å²) < 4.78 is 30.2. The van der Waals surface area contributed by atoms with Crippen LogP contribution in [0.15, 0.2) is 60.7 Å². The summed E-state index contributed by atoms with van der Waals surface area (Å²) in [6.07, 6.45) is -5.17. The number of carbonyl (C=O) groups is 2.